The largest absolute Gasteiger partial charge is 0.494 e. The molecule has 39 heavy (non-hydrogen) atoms. The van der Waals surface area contributed by atoms with E-state index in [0.29, 0.717) is 40.2 Å². The first-order chi connectivity index (χ1) is 19.0. The molecule has 1 amide bonds. The lowest BCUT2D eigenvalue weighted by molar-refractivity contribution is 0.0952. The van der Waals surface area contributed by atoms with E-state index in [9.17, 15) is 14.0 Å². The Kier molecular flexibility index (Phi) is 7.93. The van der Waals surface area contributed by atoms with E-state index in [1.807, 2.05) is 30.3 Å². The zero-order chi connectivity index (χ0) is 27.4. The Hall–Kier alpha value is -4.17. The average molecular weight is 530 g/mol. The monoisotopic (exact) mass is 529 g/mol. The molecule has 0 radical (unpaired) electrons. The highest BCUT2D eigenvalue weighted by Gasteiger charge is 2.21. The molecule has 202 valence electrons. The van der Waals surface area contributed by atoms with Gasteiger partial charge in [0.25, 0.3) is 5.91 Å². The zero-order valence-electron chi connectivity index (χ0n) is 22.2. The van der Waals surface area contributed by atoms with Gasteiger partial charge in [0.15, 0.2) is 11.0 Å². The summed E-state index contributed by atoms with van der Waals surface area (Å²) < 4.78 is 25.1. The fraction of sp³-hybridized carbons (Fsp3) is 0.290. The van der Waals surface area contributed by atoms with Gasteiger partial charge >= 0.3 is 0 Å². The minimum atomic E-state index is -0.311. The molecule has 0 saturated carbocycles. The molecule has 0 spiro atoms. The molecule has 2 heterocycles. The Bertz CT molecular complexity index is 1530. The molecule has 0 atom stereocenters. The van der Waals surface area contributed by atoms with E-state index in [1.54, 1.807) is 38.3 Å². The first-order valence-corrected chi connectivity index (χ1v) is 13.2. The molecule has 0 bridgehead atoms. The summed E-state index contributed by atoms with van der Waals surface area (Å²) in [5, 5.41) is 3.39. The number of carbonyl (C=O) groups excluding carboxylic acids is 1. The van der Waals surface area contributed by atoms with Crippen molar-refractivity contribution in [1.29, 1.82) is 0 Å². The molecule has 1 aliphatic rings. The van der Waals surface area contributed by atoms with E-state index in [-0.39, 0.29) is 17.2 Å². The zero-order valence-corrected chi connectivity index (χ0v) is 22.2. The molecule has 1 aliphatic heterocycles. The van der Waals surface area contributed by atoms with Crippen LogP contribution in [0.5, 0.6) is 5.75 Å². The van der Waals surface area contributed by atoms with Gasteiger partial charge in [0.1, 0.15) is 17.3 Å². The first-order valence-electron chi connectivity index (χ1n) is 13.2. The van der Waals surface area contributed by atoms with Gasteiger partial charge in [-0.05, 0) is 44.2 Å². The summed E-state index contributed by atoms with van der Waals surface area (Å²) in [6.07, 6.45) is 0.786. The average Bonchev–Trinajstić information content (AvgIpc) is 2.97. The van der Waals surface area contributed by atoms with Crippen LogP contribution >= 0.6 is 0 Å². The van der Waals surface area contributed by atoms with Crippen LogP contribution in [0.4, 0.5) is 10.1 Å². The molecule has 0 unspecified atom stereocenters. The number of hydrogen-bond acceptors (Lipinski definition) is 6. The number of piperazine rings is 1. The number of rotatable bonds is 8. The predicted octanol–water partition coefficient (Wildman–Crippen LogP) is 4.86. The number of carbonyl (C=O) groups is 1. The fourth-order valence-corrected chi connectivity index (χ4v) is 5.08. The van der Waals surface area contributed by atoms with Gasteiger partial charge in [0.2, 0.25) is 0 Å². The van der Waals surface area contributed by atoms with Crippen molar-refractivity contribution in [3.63, 3.8) is 0 Å². The Labute approximate surface area is 226 Å². The second kappa shape index (κ2) is 11.7. The van der Waals surface area contributed by atoms with Crippen LogP contribution in [0.25, 0.3) is 22.3 Å². The number of fused-ring (bicyclic) bond motifs is 1. The van der Waals surface area contributed by atoms with Crippen molar-refractivity contribution in [1.82, 2.24) is 10.2 Å². The molecular weight excluding hydrogens is 497 g/mol. The SMILES string of the molecule is COc1cc(F)ccc1N1CCN(CCCNC(=O)c2cccc3c(=O)c(C)c(-c4ccccc4)oc23)CC1. The maximum atomic E-state index is 13.5. The Morgan fingerprint density at radius 2 is 1.79 bits per heavy atom. The number of halogens is 1. The number of anilines is 1. The highest BCUT2D eigenvalue weighted by molar-refractivity contribution is 6.05. The molecule has 1 N–H and O–H groups in total. The number of nitrogens with one attached hydrogen (secondary N) is 1. The molecule has 4 aromatic rings. The van der Waals surface area contributed by atoms with Gasteiger partial charge in [-0.1, -0.05) is 36.4 Å². The third kappa shape index (κ3) is 5.66. The highest BCUT2D eigenvalue weighted by Crippen LogP contribution is 2.30. The number of hydrogen-bond donors (Lipinski definition) is 1. The highest BCUT2D eigenvalue weighted by atomic mass is 19.1. The topological polar surface area (TPSA) is 75.0 Å². The molecule has 0 aliphatic carbocycles. The van der Waals surface area contributed by atoms with E-state index in [0.717, 1.165) is 50.4 Å². The summed E-state index contributed by atoms with van der Waals surface area (Å²) in [7, 11) is 1.55. The van der Waals surface area contributed by atoms with Crippen LogP contribution in [0.2, 0.25) is 0 Å². The van der Waals surface area contributed by atoms with Crippen molar-refractivity contribution in [2.45, 2.75) is 13.3 Å². The number of amides is 1. The lowest BCUT2D eigenvalue weighted by Gasteiger charge is -2.36. The maximum absolute atomic E-state index is 13.5. The molecule has 3 aromatic carbocycles. The van der Waals surface area contributed by atoms with Crippen LogP contribution in [0.15, 0.2) is 75.9 Å². The quantitative estimate of drug-likeness (QED) is 0.329. The molecule has 1 fully saturated rings. The van der Waals surface area contributed by atoms with Crippen LogP contribution in [0.3, 0.4) is 0 Å². The van der Waals surface area contributed by atoms with Crippen molar-refractivity contribution >= 4 is 22.6 Å². The predicted molar refractivity (Wildman–Crippen MR) is 151 cm³/mol. The summed E-state index contributed by atoms with van der Waals surface area (Å²) in [4.78, 5) is 30.7. The van der Waals surface area contributed by atoms with Crippen molar-refractivity contribution < 1.29 is 18.3 Å². The molecule has 1 saturated heterocycles. The second-order valence-corrected chi connectivity index (χ2v) is 9.69. The number of nitrogens with zero attached hydrogens (tertiary/aromatic N) is 2. The second-order valence-electron chi connectivity index (χ2n) is 9.69. The summed E-state index contributed by atoms with van der Waals surface area (Å²) in [5.41, 5.74) is 2.73. The van der Waals surface area contributed by atoms with Crippen molar-refractivity contribution in [2.24, 2.45) is 0 Å². The first kappa shape index (κ1) is 26.4. The van der Waals surface area contributed by atoms with Gasteiger partial charge < -0.3 is 19.4 Å². The minimum absolute atomic E-state index is 0.137. The van der Waals surface area contributed by atoms with E-state index in [4.69, 9.17) is 9.15 Å². The third-order valence-corrected chi connectivity index (χ3v) is 7.22. The fourth-order valence-electron chi connectivity index (χ4n) is 5.08. The Morgan fingerprint density at radius 3 is 2.54 bits per heavy atom. The van der Waals surface area contributed by atoms with Gasteiger partial charge in [-0.2, -0.15) is 0 Å². The number of para-hydroxylation sites is 1. The van der Waals surface area contributed by atoms with Crippen LogP contribution in [0, 0.1) is 12.7 Å². The molecule has 1 aromatic heterocycles. The van der Waals surface area contributed by atoms with Crippen LogP contribution in [-0.4, -0.2) is 57.2 Å². The number of ether oxygens (including phenoxy) is 1. The van der Waals surface area contributed by atoms with Crippen molar-refractivity contribution in [2.75, 3.05) is 51.3 Å². The van der Waals surface area contributed by atoms with E-state index in [1.165, 1.54) is 12.1 Å². The number of methoxy groups -OCH3 is 1. The smallest absolute Gasteiger partial charge is 0.255 e. The maximum Gasteiger partial charge on any atom is 0.255 e. The van der Waals surface area contributed by atoms with Crippen LogP contribution in [0.1, 0.15) is 22.3 Å². The lowest BCUT2D eigenvalue weighted by Crippen LogP contribution is -2.47. The molecule has 7 nitrogen and oxygen atoms in total. The summed E-state index contributed by atoms with van der Waals surface area (Å²) in [5.74, 6) is 0.445. The molecule has 8 heteroatoms. The Balaban J connectivity index is 1.19. The van der Waals surface area contributed by atoms with Gasteiger partial charge in [0, 0.05) is 49.9 Å². The summed E-state index contributed by atoms with van der Waals surface area (Å²) in [6, 6.07) is 19.2. The minimum Gasteiger partial charge on any atom is -0.494 e. The van der Waals surface area contributed by atoms with Crippen LogP contribution < -0.4 is 20.4 Å². The van der Waals surface area contributed by atoms with E-state index in [2.05, 4.69) is 15.1 Å². The van der Waals surface area contributed by atoms with Gasteiger partial charge in [-0.25, -0.2) is 4.39 Å². The standard InChI is InChI=1S/C31H32FN3O4/c1-21-28(36)24-10-6-11-25(30(24)39-29(21)22-8-4-3-5-9-22)31(37)33-14-7-15-34-16-18-35(19-17-34)26-13-12-23(32)20-27(26)38-2/h3-6,8-13,20H,7,14-19H2,1-2H3,(H,33,37). The van der Waals surface area contributed by atoms with Crippen molar-refractivity contribution in [3.8, 4) is 17.1 Å². The van der Waals surface area contributed by atoms with Gasteiger partial charge in [0.05, 0.1) is 23.7 Å². The van der Waals surface area contributed by atoms with E-state index >= 15 is 0 Å². The Morgan fingerprint density at radius 1 is 1.03 bits per heavy atom. The van der Waals surface area contributed by atoms with E-state index < -0.39 is 0 Å². The summed E-state index contributed by atoms with van der Waals surface area (Å²) >= 11 is 0. The molecule has 5 rings (SSSR count). The van der Waals surface area contributed by atoms with Gasteiger partial charge in [-0.15, -0.1) is 0 Å². The normalized spacial score (nSPS) is 14.0. The van der Waals surface area contributed by atoms with Crippen molar-refractivity contribution in [3.05, 3.63) is 93.9 Å². The number of benzene rings is 3. The summed E-state index contributed by atoms with van der Waals surface area (Å²) in [6.45, 7) is 6.45. The molecular formula is C31H32FN3O4. The lowest BCUT2D eigenvalue weighted by atomic mass is 10.0. The van der Waals surface area contributed by atoms with Gasteiger partial charge in [-0.3, -0.25) is 14.5 Å². The van der Waals surface area contributed by atoms with Crippen LogP contribution in [-0.2, 0) is 0 Å². The third-order valence-electron chi connectivity index (χ3n) is 7.22.